The average molecular weight is 309 g/mol. The second-order valence-corrected chi connectivity index (χ2v) is 4.33. The molecule has 7 heteroatoms. The number of anilines is 3. The van der Waals surface area contributed by atoms with Gasteiger partial charge in [0.05, 0.1) is 29.3 Å². The average Bonchev–Trinajstić information content (AvgIpc) is 2.33. The summed E-state index contributed by atoms with van der Waals surface area (Å²) in [4.78, 5) is 18.7. The molecule has 4 N–H and O–H groups in total. The molecule has 2 rings (SSSR count). The molecular formula is C11H9BrN4O2. The van der Waals surface area contributed by atoms with Crippen molar-refractivity contribution < 1.29 is 9.90 Å². The van der Waals surface area contributed by atoms with E-state index < -0.39 is 5.97 Å². The van der Waals surface area contributed by atoms with Gasteiger partial charge in [-0.25, -0.2) is 14.8 Å². The summed E-state index contributed by atoms with van der Waals surface area (Å²) in [7, 11) is 0. The van der Waals surface area contributed by atoms with Crippen LogP contribution in [0.15, 0.2) is 35.3 Å². The first-order valence-electron chi connectivity index (χ1n) is 4.92. The highest BCUT2D eigenvalue weighted by atomic mass is 79.9. The van der Waals surface area contributed by atoms with Gasteiger partial charge in [0.1, 0.15) is 6.33 Å². The van der Waals surface area contributed by atoms with Crippen LogP contribution in [0.5, 0.6) is 0 Å². The van der Waals surface area contributed by atoms with E-state index in [1.54, 1.807) is 12.4 Å². The third-order valence-electron chi connectivity index (χ3n) is 2.21. The van der Waals surface area contributed by atoms with Gasteiger partial charge >= 0.3 is 5.97 Å². The van der Waals surface area contributed by atoms with Crippen molar-refractivity contribution >= 4 is 39.0 Å². The van der Waals surface area contributed by atoms with E-state index in [9.17, 15) is 4.79 Å². The fraction of sp³-hybridized carbons (Fsp3) is 0. The lowest BCUT2D eigenvalue weighted by Gasteiger charge is -2.10. The van der Waals surface area contributed by atoms with E-state index in [1.807, 2.05) is 0 Å². The number of nitrogens with one attached hydrogen (secondary N) is 1. The molecule has 0 atom stereocenters. The number of nitrogens with zero attached hydrogens (tertiary/aromatic N) is 2. The van der Waals surface area contributed by atoms with Gasteiger partial charge in [-0.2, -0.15) is 0 Å². The van der Waals surface area contributed by atoms with Crippen LogP contribution in [0.4, 0.5) is 17.1 Å². The Morgan fingerprint density at radius 3 is 2.61 bits per heavy atom. The first-order chi connectivity index (χ1) is 8.58. The predicted molar refractivity (Wildman–Crippen MR) is 70.8 cm³/mol. The zero-order chi connectivity index (χ0) is 13.1. The van der Waals surface area contributed by atoms with Crippen LogP contribution in [0.25, 0.3) is 0 Å². The highest BCUT2D eigenvalue weighted by Gasteiger charge is 2.12. The Balaban J connectivity index is 2.39. The SMILES string of the molecule is Nc1cc(Br)c(Nc2cncnc2)cc1C(=O)O. The number of benzene rings is 1. The van der Waals surface area contributed by atoms with Gasteiger partial charge in [-0.3, -0.25) is 0 Å². The number of hydrogen-bond donors (Lipinski definition) is 3. The second-order valence-electron chi connectivity index (χ2n) is 3.48. The molecule has 1 aromatic heterocycles. The minimum Gasteiger partial charge on any atom is -0.478 e. The van der Waals surface area contributed by atoms with Gasteiger partial charge in [0.25, 0.3) is 0 Å². The second kappa shape index (κ2) is 5.01. The van der Waals surface area contributed by atoms with Gasteiger partial charge in [0, 0.05) is 10.2 Å². The van der Waals surface area contributed by atoms with E-state index in [0.717, 1.165) is 0 Å². The van der Waals surface area contributed by atoms with Crippen molar-refractivity contribution in [3.63, 3.8) is 0 Å². The standard InChI is InChI=1S/C11H9BrN4O2/c12-8-2-9(13)7(11(17)18)1-10(8)16-6-3-14-5-15-4-6/h1-5,16H,13H2,(H,17,18). The first-order valence-corrected chi connectivity index (χ1v) is 5.71. The number of nitrogen functional groups attached to an aromatic ring is 1. The van der Waals surface area contributed by atoms with Crippen molar-refractivity contribution in [1.82, 2.24) is 9.97 Å². The third kappa shape index (κ3) is 2.57. The summed E-state index contributed by atoms with van der Waals surface area (Å²) in [5.41, 5.74) is 7.09. The lowest BCUT2D eigenvalue weighted by molar-refractivity contribution is 0.0698. The molecule has 0 saturated heterocycles. The molecule has 0 aliphatic heterocycles. The molecule has 1 heterocycles. The van der Waals surface area contributed by atoms with Crippen molar-refractivity contribution in [1.29, 1.82) is 0 Å². The molecule has 1 aromatic carbocycles. The third-order valence-corrected chi connectivity index (χ3v) is 2.87. The Morgan fingerprint density at radius 2 is 2.00 bits per heavy atom. The maximum atomic E-state index is 11.0. The first kappa shape index (κ1) is 12.3. The van der Waals surface area contributed by atoms with Crippen LogP contribution in [0.2, 0.25) is 0 Å². The summed E-state index contributed by atoms with van der Waals surface area (Å²) in [6.07, 6.45) is 4.57. The number of carbonyl (C=O) groups is 1. The maximum absolute atomic E-state index is 11.0. The van der Waals surface area contributed by atoms with Crippen molar-refractivity contribution in [2.45, 2.75) is 0 Å². The molecule has 6 nitrogen and oxygen atoms in total. The molecule has 0 aliphatic rings. The van der Waals surface area contributed by atoms with Crippen LogP contribution in [0, 0.1) is 0 Å². The number of halogens is 1. The summed E-state index contributed by atoms with van der Waals surface area (Å²) in [5, 5.41) is 12.0. The molecular weight excluding hydrogens is 300 g/mol. The molecule has 0 unspecified atom stereocenters. The summed E-state index contributed by atoms with van der Waals surface area (Å²) in [5.74, 6) is -1.08. The van der Waals surface area contributed by atoms with E-state index in [1.165, 1.54) is 18.5 Å². The van der Waals surface area contributed by atoms with E-state index in [4.69, 9.17) is 10.8 Å². The van der Waals surface area contributed by atoms with Crippen LogP contribution in [-0.2, 0) is 0 Å². The van der Waals surface area contributed by atoms with E-state index >= 15 is 0 Å². The minimum absolute atomic E-state index is 0.0394. The van der Waals surface area contributed by atoms with Gasteiger partial charge < -0.3 is 16.2 Å². The molecule has 0 saturated carbocycles. The van der Waals surface area contributed by atoms with Crippen LogP contribution in [0.3, 0.4) is 0 Å². The molecule has 0 fully saturated rings. The highest BCUT2D eigenvalue weighted by Crippen LogP contribution is 2.30. The summed E-state index contributed by atoms with van der Waals surface area (Å²) < 4.78 is 0.661. The number of nitrogens with two attached hydrogens (primary N) is 1. The van der Waals surface area contributed by atoms with Crippen molar-refractivity contribution in [3.8, 4) is 0 Å². The van der Waals surface area contributed by atoms with E-state index in [-0.39, 0.29) is 11.3 Å². The number of aromatic nitrogens is 2. The molecule has 0 spiro atoms. The summed E-state index contributed by atoms with van der Waals surface area (Å²) >= 11 is 3.31. The fourth-order valence-electron chi connectivity index (χ4n) is 1.39. The molecule has 0 aliphatic carbocycles. The van der Waals surface area contributed by atoms with Gasteiger partial charge in [0.2, 0.25) is 0 Å². The van der Waals surface area contributed by atoms with E-state index in [2.05, 4.69) is 31.2 Å². The van der Waals surface area contributed by atoms with Crippen LogP contribution < -0.4 is 11.1 Å². The Morgan fingerprint density at radius 1 is 1.33 bits per heavy atom. The van der Waals surface area contributed by atoms with Gasteiger partial charge in [0.15, 0.2) is 0 Å². The van der Waals surface area contributed by atoms with Crippen LogP contribution >= 0.6 is 15.9 Å². The zero-order valence-electron chi connectivity index (χ0n) is 9.09. The van der Waals surface area contributed by atoms with Crippen molar-refractivity contribution in [2.24, 2.45) is 0 Å². The molecule has 0 radical (unpaired) electrons. The number of aromatic carboxylic acids is 1. The maximum Gasteiger partial charge on any atom is 0.337 e. The van der Waals surface area contributed by atoms with Gasteiger partial charge in [-0.1, -0.05) is 0 Å². The molecule has 2 aromatic rings. The lowest BCUT2D eigenvalue weighted by atomic mass is 10.1. The van der Waals surface area contributed by atoms with E-state index in [0.29, 0.717) is 15.8 Å². The Bertz CT molecular complexity index is 589. The summed E-state index contributed by atoms with van der Waals surface area (Å²) in [6.45, 7) is 0. The largest absolute Gasteiger partial charge is 0.478 e. The number of rotatable bonds is 3. The molecule has 92 valence electrons. The predicted octanol–water partition coefficient (Wildman–Crippen LogP) is 2.26. The molecule has 0 amide bonds. The topological polar surface area (TPSA) is 101 Å². The zero-order valence-corrected chi connectivity index (χ0v) is 10.7. The summed E-state index contributed by atoms with van der Waals surface area (Å²) in [6, 6.07) is 2.99. The monoisotopic (exact) mass is 308 g/mol. The van der Waals surface area contributed by atoms with Crippen molar-refractivity contribution in [2.75, 3.05) is 11.1 Å². The normalized spacial score (nSPS) is 10.1. The Kier molecular flexibility index (Phi) is 3.42. The van der Waals surface area contributed by atoms with Crippen LogP contribution in [-0.4, -0.2) is 21.0 Å². The molecule has 18 heavy (non-hydrogen) atoms. The fourth-order valence-corrected chi connectivity index (χ4v) is 1.85. The van der Waals surface area contributed by atoms with Gasteiger partial charge in [-0.15, -0.1) is 0 Å². The molecule has 0 bridgehead atoms. The number of carboxylic acid groups (broad SMARTS) is 1. The minimum atomic E-state index is -1.08. The smallest absolute Gasteiger partial charge is 0.337 e. The lowest BCUT2D eigenvalue weighted by Crippen LogP contribution is -2.04. The highest BCUT2D eigenvalue weighted by molar-refractivity contribution is 9.10. The van der Waals surface area contributed by atoms with Crippen molar-refractivity contribution in [3.05, 3.63) is 40.9 Å². The van der Waals surface area contributed by atoms with Gasteiger partial charge in [-0.05, 0) is 28.1 Å². The Hall–Kier alpha value is -2.15. The van der Waals surface area contributed by atoms with Crippen LogP contribution in [0.1, 0.15) is 10.4 Å². The Labute approximate surface area is 111 Å². The number of carboxylic acids is 1. The number of hydrogen-bond acceptors (Lipinski definition) is 5. The quantitative estimate of drug-likeness (QED) is 0.752.